The lowest BCUT2D eigenvalue weighted by molar-refractivity contribution is -0.385. The Morgan fingerprint density at radius 3 is 2.95 bits per heavy atom. The zero-order valence-corrected chi connectivity index (χ0v) is 9.44. The van der Waals surface area contributed by atoms with E-state index < -0.39 is 10.9 Å². The Balaban J connectivity index is 2.24. The van der Waals surface area contributed by atoms with Gasteiger partial charge in [0.1, 0.15) is 29.5 Å². The predicted octanol–water partition coefficient (Wildman–Crippen LogP) is 1.29. The Kier molecular flexibility index (Phi) is 3.37. The first-order valence-corrected chi connectivity index (χ1v) is 5.09. The van der Waals surface area contributed by atoms with Crippen LogP contribution in [0, 0.1) is 10.1 Å². The van der Waals surface area contributed by atoms with Gasteiger partial charge in [-0.2, -0.15) is 0 Å². The number of hydrogen-bond donors (Lipinski definition) is 2. The van der Waals surface area contributed by atoms with Crippen molar-refractivity contribution in [1.29, 1.82) is 0 Å². The van der Waals surface area contributed by atoms with E-state index in [4.69, 9.17) is 5.11 Å². The van der Waals surface area contributed by atoms with Crippen LogP contribution in [0.2, 0.25) is 0 Å². The largest absolute Gasteiger partial charge is 0.478 e. The van der Waals surface area contributed by atoms with Crippen LogP contribution in [0.3, 0.4) is 0 Å². The van der Waals surface area contributed by atoms with Crippen LogP contribution in [0.1, 0.15) is 16.1 Å². The van der Waals surface area contributed by atoms with Crippen LogP contribution in [-0.4, -0.2) is 26.1 Å². The van der Waals surface area contributed by atoms with Gasteiger partial charge >= 0.3 is 5.97 Å². The summed E-state index contributed by atoms with van der Waals surface area (Å²) in [4.78, 5) is 24.6. The number of aromatic carboxylic acids is 1. The maximum Gasteiger partial charge on any atom is 0.339 e. The number of rotatable bonds is 5. The molecule has 9 heteroatoms. The number of carboxylic acids is 1. The van der Waals surface area contributed by atoms with Crippen LogP contribution in [0.4, 0.5) is 11.5 Å². The van der Waals surface area contributed by atoms with Crippen molar-refractivity contribution in [2.45, 2.75) is 6.54 Å². The molecule has 0 radical (unpaired) electrons. The molecule has 0 aromatic carbocycles. The molecule has 0 atom stereocenters. The van der Waals surface area contributed by atoms with Gasteiger partial charge in [0, 0.05) is 12.1 Å². The molecule has 0 aliphatic carbocycles. The van der Waals surface area contributed by atoms with Crippen molar-refractivity contribution in [1.82, 2.24) is 10.1 Å². The molecule has 0 aliphatic rings. The molecule has 0 saturated heterocycles. The molecular weight excluding hydrogens is 256 g/mol. The number of carboxylic acid groups (broad SMARTS) is 1. The highest BCUT2D eigenvalue weighted by molar-refractivity contribution is 5.93. The smallest absolute Gasteiger partial charge is 0.339 e. The summed E-state index contributed by atoms with van der Waals surface area (Å²) in [5.41, 5.74) is -0.112. The van der Waals surface area contributed by atoms with E-state index in [-0.39, 0.29) is 23.6 Å². The summed E-state index contributed by atoms with van der Waals surface area (Å²) in [7, 11) is 0. The average molecular weight is 264 g/mol. The summed E-state index contributed by atoms with van der Waals surface area (Å²) in [5, 5.41) is 25.9. The second-order valence-electron chi connectivity index (χ2n) is 3.50. The predicted molar refractivity (Wildman–Crippen MR) is 61.7 cm³/mol. The third kappa shape index (κ3) is 2.83. The number of nitrogens with zero attached hydrogens (tertiary/aromatic N) is 3. The van der Waals surface area contributed by atoms with E-state index in [0.717, 1.165) is 12.3 Å². The Hall–Kier alpha value is -2.97. The summed E-state index contributed by atoms with van der Waals surface area (Å²) < 4.78 is 4.62. The van der Waals surface area contributed by atoms with E-state index in [9.17, 15) is 14.9 Å². The van der Waals surface area contributed by atoms with Gasteiger partial charge in [0.15, 0.2) is 0 Å². The molecule has 2 heterocycles. The first kappa shape index (κ1) is 12.5. The number of carbonyl (C=O) groups is 1. The van der Waals surface area contributed by atoms with E-state index in [2.05, 4.69) is 20.0 Å². The lowest BCUT2D eigenvalue weighted by Gasteiger charge is -2.06. The van der Waals surface area contributed by atoms with Crippen molar-refractivity contribution in [2.75, 3.05) is 5.32 Å². The highest BCUT2D eigenvalue weighted by Crippen LogP contribution is 2.19. The highest BCUT2D eigenvalue weighted by Gasteiger charge is 2.17. The molecule has 0 aliphatic heterocycles. The topological polar surface area (TPSA) is 131 Å². The van der Waals surface area contributed by atoms with Gasteiger partial charge in [0.2, 0.25) is 0 Å². The minimum Gasteiger partial charge on any atom is -0.478 e. The molecule has 0 unspecified atom stereocenters. The molecule has 9 nitrogen and oxygen atoms in total. The fourth-order valence-corrected chi connectivity index (χ4v) is 1.36. The molecule has 2 aromatic heterocycles. The summed E-state index contributed by atoms with van der Waals surface area (Å²) in [5.74, 6) is -1.28. The quantitative estimate of drug-likeness (QED) is 0.609. The number of nitrogens with one attached hydrogen (secondary N) is 1. The molecule has 2 N–H and O–H groups in total. The van der Waals surface area contributed by atoms with Crippen molar-refractivity contribution < 1.29 is 19.3 Å². The summed E-state index contributed by atoms with van der Waals surface area (Å²) in [6.45, 7) is 0.196. The molecule has 19 heavy (non-hydrogen) atoms. The second kappa shape index (κ2) is 5.12. The molecule has 0 saturated carbocycles. The Morgan fingerprint density at radius 1 is 1.58 bits per heavy atom. The van der Waals surface area contributed by atoms with Crippen molar-refractivity contribution in [3.63, 3.8) is 0 Å². The van der Waals surface area contributed by atoms with E-state index in [0.29, 0.717) is 5.69 Å². The third-order valence-corrected chi connectivity index (χ3v) is 2.24. The molecule has 0 bridgehead atoms. The third-order valence-electron chi connectivity index (χ3n) is 2.24. The molecular formula is C10H8N4O5. The Bertz CT molecular complexity index is 610. The lowest BCUT2D eigenvalue weighted by atomic mass is 10.2. The highest BCUT2D eigenvalue weighted by atomic mass is 16.6. The minimum absolute atomic E-state index is 0.0288. The molecule has 0 spiro atoms. The van der Waals surface area contributed by atoms with Gasteiger partial charge in [-0.1, -0.05) is 5.16 Å². The van der Waals surface area contributed by atoms with Crippen molar-refractivity contribution in [3.05, 3.63) is 46.0 Å². The summed E-state index contributed by atoms with van der Waals surface area (Å²) >= 11 is 0. The zero-order chi connectivity index (χ0) is 13.8. The lowest BCUT2D eigenvalue weighted by Crippen LogP contribution is -2.09. The number of hydrogen-bond acceptors (Lipinski definition) is 7. The Morgan fingerprint density at radius 2 is 2.37 bits per heavy atom. The van der Waals surface area contributed by atoms with Gasteiger partial charge in [-0.3, -0.25) is 10.1 Å². The minimum atomic E-state index is -1.31. The van der Waals surface area contributed by atoms with Crippen molar-refractivity contribution in [2.24, 2.45) is 0 Å². The van der Waals surface area contributed by atoms with Gasteiger partial charge in [-0.15, -0.1) is 0 Å². The number of pyridine rings is 1. The van der Waals surface area contributed by atoms with Gasteiger partial charge in [0.25, 0.3) is 5.69 Å². The van der Waals surface area contributed by atoms with Gasteiger partial charge in [0.05, 0.1) is 11.5 Å². The molecule has 0 amide bonds. The molecule has 2 aromatic rings. The van der Waals surface area contributed by atoms with Crippen LogP contribution < -0.4 is 5.32 Å². The number of aromatic nitrogens is 2. The Labute approximate surface area is 106 Å². The van der Waals surface area contributed by atoms with E-state index in [1.165, 1.54) is 6.26 Å². The van der Waals surface area contributed by atoms with Gasteiger partial charge < -0.3 is 14.9 Å². The van der Waals surface area contributed by atoms with Crippen LogP contribution in [-0.2, 0) is 6.54 Å². The summed E-state index contributed by atoms with van der Waals surface area (Å²) in [6, 6.07) is 2.54. The second-order valence-corrected chi connectivity index (χ2v) is 3.50. The standard InChI is InChI=1S/C10H8N4O5/c15-10(16)8-3-7(14(17)18)5-12-9(8)11-4-6-1-2-19-13-6/h1-3,5H,4H2,(H,11,12)(H,15,16). The molecule has 2 rings (SSSR count). The number of nitro groups is 1. The monoisotopic (exact) mass is 264 g/mol. The first-order valence-electron chi connectivity index (χ1n) is 5.09. The van der Waals surface area contributed by atoms with E-state index in [1.807, 2.05) is 0 Å². The fourth-order valence-electron chi connectivity index (χ4n) is 1.36. The summed E-state index contributed by atoms with van der Waals surface area (Å²) in [6.07, 6.45) is 2.36. The van der Waals surface area contributed by atoms with Crippen molar-refractivity contribution >= 4 is 17.5 Å². The maximum atomic E-state index is 11.0. The molecule has 0 fully saturated rings. The average Bonchev–Trinajstić information content (AvgIpc) is 2.89. The van der Waals surface area contributed by atoms with Gasteiger partial charge in [-0.25, -0.2) is 9.78 Å². The SMILES string of the molecule is O=C(O)c1cc([N+](=O)[O-])cnc1NCc1ccon1. The van der Waals surface area contributed by atoms with Crippen LogP contribution in [0.25, 0.3) is 0 Å². The zero-order valence-electron chi connectivity index (χ0n) is 9.44. The molecule has 98 valence electrons. The normalized spacial score (nSPS) is 10.1. The number of anilines is 1. The van der Waals surface area contributed by atoms with Crippen LogP contribution >= 0.6 is 0 Å². The van der Waals surface area contributed by atoms with Crippen LogP contribution in [0.5, 0.6) is 0 Å². The van der Waals surface area contributed by atoms with E-state index in [1.54, 1.807) is 6.07 Å². The van der Waals surface area contributed by atoms with E-state index >= 15 is 0 Å². The van der Waals surface area contributed by atoms with Crippen molar-refractivity contribution in [3.8, 4) is 0 Å². The van der Waals surface area contributed by atoms with Gasteiger partial charge in [-0.05, 0) is 0 Å². The maximum absolute atomic E-state index is 11.0. The van der Waals surface area contributed by atoms with Crippen LogP contribution in [0.15, 0.2) is 29.1 Å². The fraction of sp³-hybridized carbons (Fsp3) is 0.100. The first-order chi connectivity index (χ1) is 9.08.